The molecule has 4 rings (SSSR count). The zero-order valence-corrected chi connectivity index (χ0v) is 16.4. The van der Waals surface area contributed by atoms with Crippen LogP contribution >= 0.6 is 0 Å². The number of anilines is 1. The van der Waals surface area contributed by atoms with E-state index in [9.17, 15) is 4.79 Å². The molecule has 0 aliphatic carbocycles. The summed E-state index contributed by atoms with van der Waals surface area (Å²) < 4.78 is 0. The minimum atomic E-state index is 0.165. The average Bonchev–Trinajstić information content (AvgIpc) is 2.65. The number of nitrogens with zero attached hydrogens (tertiary/aromatic N) is 4. The van der Waals surface area contributed by atoms with Crippen LogP contribution in [-0.4, -0.2) is 47.0 Å². The van der Waals surface area contributed by atoms with Crippen molar-refractivity contribution in [3.8, 4) is 0 Å². The van der Waals surface area contributed by atoms with Crippen LogP contribution in [0.15, 0.2) is 18.2 Å². The van der Waals surface area contributed by atoms with Gasteiger partial charge in [0, 0.05) is 31.7 Å². The van der Waals surface area contributed by atoms with E-state index in [1.165, 1.54) is 22.3 Å². The molecule has 0 saturated carbocycles. The minimum Gasteiger partial charge on any atom is -0.345 e. The molecule has 6 heteroatoms. The average molecular weight is 365 g/mol. The molecule has 1 aromatic carbocycles. The van der Waals surface area contributed by atoms with Gasteiger partial charge in [0.25, 0.3) is 0 Å². The van der Waals surface area contributed by atoms with E-state index in [1.807, 2.05) is 11.8 Å². The summed E-state index contributed by atoms with van der Waals surface area (Å²) in [4.78, 5) is 26.2. The zero-order chi connectivity index (χ0) is 19.0. The summed E-state index contributed by atoms with van der Waals surface area (Å²) in [5, 5.41) is 3.37. The number of aryl methyl sites for hydroxylation is 3. The fourth-order valence-electron chi connectivity index (χ4n) is 3.90. The summed E-state index contributed by atoms with van der Waals surface area (Å²) in [5.41, 5.74) is 6.04. The molecule has 0 radical (unpaired) electrons. The molecule has 2 aromatic rings. The summed E-state index contributed by atoms with van der Waals surface area (Å²) in [7, 11) is 0. The molecule has 142 valence electrons. The van der Waals surface area contributed by atoms with Gasteiger partial charge in [-0.3, -0.25) is 4.79 Å². The third kappa shape index (κ3) is 3.67. The monoisotopic (exact) mass is 365 g/mol. The van der Waals surface area contributed by atoms with Crippen LogP contribution in [0.5, 0.6) is 0 Å². The summed E-state index contributed by atoms with van der Waals surface area (Å²) in [6.07, 6.45) is 0.919. The van der Waals surface area contributed by atoms with Crippen molar-refractivity contribution in [2.24, 2.45) is 0 Å². The van der Waals surface area contributed by atoms with Gasteiger partial charge in [0.1, 0.15) is 11.6 Å². The van der Waals surface area contributed by atoms with Crippen molar-refractivity contribution in [2.45, 2.75) is 40.3 Å². The van der Waals surface area contributed by atoms with Crippen LogP contribution in [0.1, 0.15) is 33.8 Å². The molecule has 0 unspecified atom stereocenters. The van der Waals surface area contributed by atoms with E-state index in [2.05, 4.69) is 47.2 Å². The Kier molecular flexibility index (Phi) is 4.83. The number of rotatable bonds is 3. The second kappa shape index (κ2) is 7.27. The summed E-state index contributed by atoms with van der Waals surface area (Å²) in [6.45, 7) is 10.5. The minimum absolute atomic E-state index is 0.165. The first-order valence-corrected chi connectivity index (χ1v) is 9.67. The lowest BCUT2D eigenvalue weighted by molar-refractivity contribution is -0.131. The van der Waals surface area contributed by atoms with Crippen LogP contribution in [0.4, 0.5) is 5.82 Å². The van der Waals surface area contributed by atoms with Gasteiger partial charge in [0.05, 0.1) is 12.2 Å². The van der Waals surface area contributed by atoms with Crippen molar-refractivity contribution in [1.29, 1.82) is 0 Å². The number of nitrogens with one attached hydrogen (secondary N) is 1. The van der Waals surface area contributed by atoms with Gasteiger partial charge in [-0.1, -0.05) is 18.2 Å². The number of carbonyl (C=O) groups is 1. The smallest absolute Gasteiger partial charge is 0.242 e. The maximum Gasteiger partial charge on any atom is 0.242 e. The van der Waals surface area contributed by atoms with Crippen molar-refractivity contribution in [3.63, 3.8) is 0 Å². The Morgan fingerprint density at radius 2 is 1.96 bits per heavy atom. The van der Waals surface area contributed by atoms with Crippen LogP contribution in [0.25, 0.3) is 0 Å². The normalized spacial score (nSPS) is 17.2. The Labute approximate surface area is 160 Å². The van der Waals surface area contributed by atoms with Gasteiger partial charge in [-0.25, -0.2) is 9.97 Å². The molecule has 1 fully saturated rings. The first-order valence-electron chi connectivity index (χ1n) is 9.67. The van der Waals surface area contributed by atoms with Crippen molar-refractivity contribution >= 4 is 11.7 Å². The van der Waals surface area contributed by atoms with Gasteiger partial charge in [-0.15, -0.1) is 0 Å². The molecule has 2 aliphatic heterocycles. The van der Waals surface area contributed by atoms with Crippen LogP contribution in [0.2, 0.25) is 0 Å². The largest absolute Gasteiger partial charge is 0.345 e. The predicted molar refractivity (Wildman–Crippen MR) is 106 cm³/mol. The maximum absolute atomic E-state index is 12.8. The van der Waals surface area contributed by atoms with Gasteiger partial charge in [0.2, 0.25) is 5.91 Å². The fourth-order valence-corrected chi connectivity index (χ4v) is 3.90. The third-order valence-corrected chi connectivity index (χ3v) is 5.59. The van der Waals surface area contributed by atoms with Crippen molar-refractivity contribution in [2.75, 3.05) is 31.1 Å². The highest BCUT2D eigenvalue weighted by atomic mass is 16.2. The number of hydrogen-bond acceptors (Lipinski definition) is 5. The molecule has 1 saturated heterocycles. The Balaban J connectivity index is 1.50. The van der Waals surface area contributed by atoms with Gasteiger partial charge in [-0.05, 0) is 50.4 Å². The number of carbonyl (C=O) groups excluding carboxylic acids is 1. The molecule has 3 heterocycles. The number of benzene rings is 1. The molecule has 0 spiro atoms. The Bertz CT molecular complexity index is 879. The SMILES string of the molecule is Cc1nc2c(c(N3CCN(Cc4ccc(C)c(C)c4)C(=O)C3)n1)CCNC2. The number of amides is 1. The van der Waals surface area contributed by atoms with Gasteiger partial charge in [-0.2, -0.15) is 0 Å². The van der Waals surface area contributed by atoms with Crippen molar-refractivity contribution in [1.82, 2.24) is 20.2 Å². The van der Waals surface area contributed by atoms with Crippen LogP contribution < -0.4 is 10.2 Å². The lowest BCUT2D eigenvalue weighted by atomic mass is 10.0. The number of hydrogen-bond donors (Lipinski definition) is 1. The van der Waals surface area contributed by atoms with Crippen molar-refractivity contribution < 1.29 is 4.79 Å². The first-order chi connectivity index (χ1) is 13.0. The molecule has 1 aromatic heterocycles. The van der Waals surface area contributed by atoms with E-state index in [4.69, 9.17) is 4.98 Å². The lowest BCUT2D eigenvalue weighted by Crippen LogP contribution is -2.50. The maximum atomic E-state index is 12.8. The van der Waals surface area contributed by atoms with E-state index in [0.29, 0.717) is 13.1 Å². The Hall–Kier alpha value is -2.47. The quantitative estimate of drug-likeness (QED) is 0.900. The Morgan fingerprint density at radius 1 is 1.11 bits per heavy atom. The third-order valence-electron chi connectivity index (χ3n) is 5.59. The molecular formula is C21H27N5O. The van der Waals surface area contributed by atoms with Crippen LogP contribution in [0, 0.1) is 20.8 Å². The number of aromatic nitrogens is 2. The van der Waals surface area contributed by atoms with E-state index in [-0.39, 0.29) is 5.91 Å². The number of fused-ring (bicyclic) bond motifs is 1. The molecule has 0 atom stereocenters. The van der Waals surface area contributed by atoms with Crippen LogP contribution in [-0.2, 0) is 24.3 Å². The molecule has 6 nitrogen and oxygen atoms in total. The topological polar surface area (TPSA) is 61.4 Å². The fraction of sp³-hybridized carbons (Fsp3) is 0.476. The standard InChI is InChI=1S/C21H27N5O/c1-14-4-5-17(10-15(14)2)12-25-8-9-26(13-20(25)27)21-18-6-7-22-11-19(18)23-16(3)24-21/h4-5,10,22H,6-9,11-13H2,1-3H3. The van der Waals surface area contributed by atoms with Gasteiger partial charge >= 0.3 is 0 Å². The second-order valence-electron chi connectivity index (χ2n) is 7.60. The molecule has 0 bridgehead atoms. The summed E-state index contributed by atoms with van der Waals surface area (Å²) >= 11 is 0. The predicted octanol–water partition coefficient (Wildman–Crippen LogP) is 1.90. The molecule has 1 N–H and O–H groups in total. The molecule has 2 aliphatic rings. The zero-order valence-electron chi connectivity index (χ0n) is 16.4. The van der Waals surface area contributed by atoms with E-state index < -0.39 is 0 Å². The van der Waals surface area contributed by atoms with Gasteiger partial charge in [0.15, 0.2) is 0 Å². The summed E-state index contributed by atoms with van der Waals surface area (Å²) in [5.74, 6) is 1.90. The van der Waals surface area contributed by atoms with E-state index >= 15 is 0 Å². The highest BCUT2D eigenvalue weighted by molar-refractivity contribution is 5.82. The van der Waals surface area contributed by atoms with Gasteiger partial charge < -0.3 is 15.1 Å². The molecule has 1 amide bonds. The Morgan fingerprint density at radius 3 is 2.74 bits per heavy atom. The summed E-state index contributed by atoms with van der Waals surface area (Å²) in [6, 6.07) is 6.45. The van der Waals surface area contributed by atoms with E-state index in [1.54, 1.807) is 0 Å². The molecular weight excluding hydrogens is 338 g/mol. The second-order valence-corrected chi connectivity index (χ2v) is 7.60. The highest BCUT2D eigenvalue weighted by Crippen LogP contribution is 2.25. The first kappa shape index (κ1) is 17.9. The lowest BCUT2D eigenvalue weighted by Gasteiger charge is -2.36. The highest BCUT2D eigenvalue weighted by Gasteiger charge is 2.28. The van der Waals surface area contributed by atoms with Crippen molar-refractivity contribution in [3.05, 3.63) is 52.0 Å². The van der Waals surface area contributed by atoms with E-state index in [0.717, 1.165) is 49.9 Å². The van der Waals surface area contributed by atoms with Crippen LogP contribution in [0.3, 0.4) is 0 Å². The number of piperazine rings is 1. The molecule has 27 heavy (non-hydrogen) atoms.